The molecule has 0 radical (unpaired) electrons. The Morgan fingerprint density at radius 3 is 2.06 bits per heavy atom. The average Bonchev–Trinajstić information content (AvgIpc) is 3.27. The maximum Gasteiger partial charge on any atom is 0.347 e. The monoisotopic (exact) mass is 961 g/mol. The van der Waals surface area contributed by atoms with Gasteiger partial charge in [0, 0.05) is 87.5 Å². The number of fused-ring (bicyclic) bond motifs is 4. The minimum Gasteiger partial charge on any atom is -1.00 e. The van der Waals surface area contributed by atoms with E-state index >= 15 is 0 Å². The van der Waals surface area contributed by atoms with E-state index in [0.29, 0.717) is 68.2 Å². The highest BCUT2D eigenvalue weighted by molar-refractivity contribution is 6.04. The Hall–Kier alpha value is -6.88. The molecule has 0 saturated carbocycles. The third-order valence-corrected chi connectivity index (χ3v) is 10.0. The van der Waals surface area contributed by atoms with E-state index in [4.69, 9.17) is 42.3 Å². The standard InChI is InChI=1S/C46H51N4O13.CH3.BrH/c1-29-8-13-36-41(20-29)58-18-19-59-42-23-35(46-33-11-9-31(47-3)21-39(33)63-40-22-32(48(4)5)10-12-34(40)46)38(60-27-45(54)62-28-61-30(2)51)24-37(42)50(26-44(53)56-7)15-17-57-16-14-49(36)25-43(52)55-6;;/h8-13,20-24H,3,14-19,25-28H2,1-2,4-7H3;1H3;1H/q2*+1;/p-1. The van der Waals surface area contributed by atoms with E-state index in [0.717, 1.165) is 11.3 Å². The number of hydrogen-bond acceptors (Lipinski definition) is 16. The summed E-state index contributed by atoms with van der Waals surface area (Å²) in [5.41, 5.74) is 5.31. The highest BCUT2D eigenvalue weighted by Crippen LogP contribution is 2.48. The molecular formula is C47H54BrN4O13+. The Balaban J connectivity index is 0.00000462. The van der Waals surface area contributed by atoms with Crippen LogP contribution in [0.15, 0.2) is 71.1 Å². The van der Waals surface area contributed by atoms with Crippen LogP contribution in [0.1, 0.15) is 12.5 Å². The number of halogens is 1. The van der Waals surface area contributed by atoms with Crippen molar-refractivity contribution >= 4 is 58.6 Å². The summed E-state index contributed by atoms with van der Waals surface area (Å²) in [6.45, 7) is 6.37. The summed E-state index contributed by atoms with van der Waals surface area (Å²) in [5, 5.41) is 1.29. The van der Waals surface area contributed by atoms with Gasteiger partial charge in [0.25, 0.3) is 6.72 Å². The number of esters is 4. The maximum absolute atomic E-state index is 13.0. The SMILES string of the molecule is C=[N+]=c1ccc2c(-c3cc4c(cc3OCC(=O)OCOC(C)=O)N(CC(=O)OC)CCOCCN(CC(=O)OC)c3ccc(C)cc3OCCO4)c3ccc(N(C)C)cc3oc-2c1.[Br-].[CH3+]. The van der Waals surface area contributed by atoms with Crippen molar-refractivity contribution in [1.29, 1.82) is 0 Å². The Kier molecular flexibility index (Phi) is 18.5. The molecule has 3 aliphatic rings. The third-order valence-electron chi connectivity index (χ3n) is 10.0. The minimum atomic E-state index is -0.807. The normalized spacial score (nSPS) is 12.8. The molecule has 2 heterocycles. The van der Waals surface area contributed by atoms with Gasteiger partial charge in [0.1, 0.15) is 54.9 Å². The molecule has 2 aliphatic heterocycles. The molecular weight excluding hydrogens is 908 g/mol. The molecule has 0 unspecified atom stereocenters. The zero-order valence-electron chi connectivity index (χ0n) is 37.6. The molecule has 3 aromatic carbocycles. The van der Waals surface area contributed by atoms with Gasteiger partial charge in [0.05, 0.1) is 44.9 Å². The summed E-state index contributed by atoms with van der Waals surface area (Å²) < 4.78 is 56.0. The van der Waals surface area contributed by atoms with Crippen molar-refractivity contribution in [2.24, 2.45) is 0 Å². The van der Waals surface area contributed by atoms with Crippen molar-refractivity contribution in [2.75, 3.05) is 109 Å². The van der Waals surface area contributed by atoms with E-state index in [1.165, 1.54) is 21.1 Å². The quantitative estimate of drug-likeness (QED) is 0.0354. The molecule has 0 spiro atoms. The molecule has 0 aromatic heterocycles. The first-order chi connectivity index (χ1) is 30.4. The lowest BCUT2D eigenvalue weighted by atomic mass is 9.92. The van der Waals surface area contributed by atoms with Gasteiger partial charge in [-0.25, -0.2) is 4.79 Å². The average molecular weight is 963 g/mol. The summed E-state index contributed by atoms with van der Waals surface area (Å²) in [5.74, 6) is -0.817. The summed E-state index contributed by atoms with van der Waals surface area (Å²) in [6, 6.07) is 20.4. The molecule has 0 fully saturated rings. The highest BCUT2D eigenvalue weighted by Gasteiger charge is 2.27. The molecule has 0 atom stereocenters. The van der Waals surface area contributed by atoms with Crippen LogP contribution in [0.5, 0.6) is 17.2 Å². The summed E-state index contributed by atoms with van der Waals surface area (Å²) in [7, 11) is 6.48. The van der Waals surface area contributed by atoms with Crippen LogP contribution in [-0.4, -0.2) is 125 Å². The molecule has 3 aromatic rings. The number of nitrogens with zero attached hydrogens (tertiary/aromatic N) is 4. The highest BCUT2D eigenvalue weighted by atomic mass is 79.9. The number of aryl methyl sites for hydroxylation is 1. The maximum atomic E-state index is 13.0. The molecule has 0 bridgehead atoms. The van der Waals surface area contributed by atoms with Crippen LogP contribution < -0.4 is 55.9 Å². The first-order valence-electron chi connectivity index (χ1n) is 20.0. The second-order valence-electron chi connectivity index (χ2n) is 14.5. The first-order valence-corrected chi connectivity index (χ1v) is 20.0. The summed E-state index contributed by atoms with van der Waals surface area (Å²) in [4.78, 5) is 55.4. The topological polar surface area (TPSA) is 179 Å². The van der Waals surface area contributed by atoms with Crippen molar-refractivity contribution in [3.63, 3.8) is 0 Å². The smallest absolute Gasteiger partial charge is 0.347 e. The zero-order chi connectivity index (χ0) is 45.0. The van der Waals surface area contributed by atoms with Gasteiger partial charge in [-0.1, -0.05) is 6.07 Å². The molecule has 0 saturated heterocycles. The first kappa shape index (κ1) is 50.8. The Labute approximate surface area is 388 Å². The number of anilines is 3. The molecule has 18 heteroatoms. The van der Waals surface area contributed by atoms with Crippen molar-refractivity contribution in [3.8, 4) is 39.7 Å². The van der Waals surface area contributed by atoms with Gasteiger partial charge >= 0.3 is 29.2 Å². The Morgan fingerprint density at radius 2 is 1.43 bits per heavy atom. The van der Waals surface area contributed by atoms with Gasteiger partial charge in [0.2, 0.25) is 6.79 Å². The number of rotatable bonds is 11. The predicted molar refractivity (Wildman–Crippen MR) is 241 cm³/mol. The van der Waals surface area contributed by atoms with Gasteiger partial charge in [-0.15, -0.1) is 4.67 Å². The van der Waals surface area contributed by atoms with E-state index < -0.39 is 37.3 Å². The molecule has 6 rings (SSSR count). The van der Waals surface area contributed by atoms with Crippen molar-refractivity contribution < 1.29 is 78.5 Å². The van der Waals surface area contributed by atoms with Crippen LogP contribution in [0.25, 0.3) is 33.4 Å². The Morgan fingerprint density at radius 1 is 0.769 bits per heavy atom. The fourth-order valence-electron chi connectivity index (χ4n) is 6.88. The number of methoxy groups -OCH3 is 2. The van der Waals surface area contributed by atoms with Gasteiger partial charge in [-0.3, -0.25) is 14.4 Å². The summed E-state index contributed by atoms with van der Waals surface area (Å²) >= 11 is 0. The van der Waals surface area contributed by atoms with Crippen LogP contribution in [0.4, 0.5) is 17.1 Å². The van der Waals surface area contributed by atoms with Crippen LogP contribution in [0.3, 0.4) is 0 Å². The molecule has 65 heavy (non-hydrogen) atoms. The summed E-state index contributed by atoms with van der Waals surface area (Å²) in [6.07, 6.45) is 0. The van der Waals surface area contributed by atoms with E-state index in [1.54, 1.807) is 29.2 Å². The molecule has 17 nitrogen and oxygen atoms in total. The Bertz CT molecular complexity index is 2540. The lowest BCUT2D eigenvalue weighted by Crippen LogP contribution is -3.00. The van der Waals surface area contributed by atoms with E-state index in [2.05, 4.69) is 11.4 Å². The van der Waals surface area contributed by atoms with Crippen LogP contribution in [0.2, 0.25) is 0 Å². The van der Waals surface area contributed by atoms with E-state index in [9.17, 15) is 19.2 Å². The van der Waals surface area contributed by atoms with Gasteiger partial charge in [-0.05, 0) is 48.9 Å². The molecule has 0 N–H and O–H groups in total. The second kappa shape index (κ2) is 23.7. The lowest BCUT2D eigenvalue weighted by molar-refractivity contribution is -0.167. The number of benzene rings is 4. The van der Waals surface area contributed by atoms with Crippen molar-refractivity contribution in [3.05, 3.63) is 85.1 Å². The molecule has 1 aliphatic carbocycles. The fraction of sp³-hybridized carbons (Fsp3) is 0.340. The van der Waals surface area contributed by atoms with Gasteiger partial charge < -0.3 is 74.0 Å². The molecule has 346 valence electrons. The number of carbonyl (C=O) groups is 4. The zero-order valence-corrected chi connectivity index (χ0v) is 39.2. The number of carbonyl (C=O) groups excluding carboxylic acids is 4. The van der Waals surface area contributed by atoms with Crippen LogP contribution >= 0.6 is 0 Å². The minimum absolute atomic E-state index is 0. The predicted octanol–water partition coefficient (Wildman–Crippen LogP) is 1.59. The number of ether oxygens (including phenoxy) is 8. The van der Waals surface area contributed by atoms with Crippen molar-refractivity contribution in [2.45, 2.75) is 13.8 Å². The van der Waals surface area contributed by atoms with E-state index in [-0.39, 0.29) is 76.2 Å². The lowest BCUT2D eigenvalue weighted by Gasteiger charge is -2.28. The third kappa shape index (κ3) is 12.9. The van der Waals surface area contributed by atoms with Gasteiger partial charge in [-0.2, -0.15) is 0 Å². The van der Waals surface area contributed by atoms with Crippen LogP contribution in [-0.2, 0) is 42.9 Å². The van der Waals surface area contributed by atoms with Gasteiger partial charge in [0.15, 0.2) is 6.61 Å². The molecule has 0 amide bonds. The fourth-order valence-corrected chi connectivity index (χ4v) is 6.88. The van der Waals surface area contributed by atoms with E-state index in [1.807, 2.05) is 73.3 Å². The van der Waals surface area contributed by atoms with Crippen LogP contribution in [0, 0.1) is 14.4 Å². The number of hydrogen-bond donors (Lipinski definition) is 0. The largest absolute Gasteiger partial charge is 1.00 e. The second-order valence-corrected chi connectivity index (χ2v) is 14.5. The van der Waals surface area contributed by atoms with Crippen molar-refractivity contribution in [1.82, 2.24) is 4.67 Å².